The molecule has 4 heteroatoms. The number of aromatic nitrogens is 3. The highest BCUT2D eigenvalue weighted by Gasteiger charge is 2.61. The van der Waals surface area contributed by atoms with Crippen LogP contribution in [0.4, 0.5) is 0 Å². The molecule has 0 radical (unpaired) electrons. The minimum absolute atomic E-state index is 0.307. The van der Waals surface area contributed by atoms with Gasteiger partial charge in [-0.25, -0.2) is 0 Å². The summed E-state index contributed by atoms with van der Waals surface area (Å²) in [7, 11) is 0. The van der Waals surface area contributed by atoms with Crippen LogP contribution in [0.15, 0.2) is 0 Å². The summed E-state index contributed by atoms with van der Waals surface area (Å²) in [6, 6.07) is 0.928. The summed E-state index contributed by atoms with van der Waals surface area (Å²) in [6.07, 6.45) is 6.43. The summed E-state index contributed by atoms with van der Waals surface area (Å²) in [6.45, 7) is 10.8. The SMILES string of the molecule is CC(NC1CC2CCC1(C)C2(C)C)c1nnc2n1CCC2. The first-order valence-electron chi connectivity index (χ1n) is 8.61. The van der Waals surface area contributed by atoms with Crippen molar-refractivity contribution in [2.45, 2.75) is 78.4 Å². The lowest BCUT2D eigenvalue weighted by atomic mass is 9.69. The number of hydrogen-bond donors (Lipinski definition) is 1. The van der Waals surface area contributed by atoms with Crippen molar-refractivity contribution in [2.24, 2.45) is 16.7 Å². The van der Waals surface area contributed by atoms with E-state index in [1.54, 1.807) is 0 Å². The molecule has 4 unspecified atom stereocenters. The van der Waals surface area contributed by atoms with Crippen molar-refractivity contribution in [1.29, 1.82) is 0 Å². The molecular formula is C17H28N4. The van der Waals surface area contributed by atoms with E-state index in [4.69, 9.17) is 0 Å². The van der Waals surface area contributed by atoms with Crippen LogP contribution in [0.25, 0.3) is 0 Å². The highest BCUT2D eigenvalue weighted by Crippen LogP contribution is 2.65. The summed E-state index contributed by atoms with van der Waals surface area (Å²) in [5.41, 5.74) is 0.900. The standard InChI is InChI=1S/C17H28N4/c1-11(15-20-19-14-6-5-9-21(14)15)18-13-10-12-7-8-17(13,4)16(12,2)3/h11-13,18H,5-10H2,1-4H3. The molecule has 2 saturated carbocycles. The lowest BCUT2D eigenvalue weighted by Crippen LogP contribution is -2.45. The molecule has 0 aromatic carbocycles. The van der Waals surface area contributed by atoms with Crippen LogP contribution < -0.4 is 5.32 Å². The van der Waals surface area contributed by atoms with Gasteiger partial charge in [-0.15, -0.1) is 10.2 Å². The van der Waals surface area contributed by atoms with Gasteiger partial charge in [-0.3, -0.25) is 0 Å². The smallest absolute Gasteiger partial charge is 0.149 e. The quantitative estimate of drug-likeness (QED) is 0.929. The van der Waals surface area contributed by atoms with Crippen LogP contribution in [-0.2, 0) is 13.0 Å². The van der Waals surface area contributed by atoms with E-state index in [9.17, 15) is 0 Å². The topological polar surface area (TPSA) is 42.7 Å². The van der Waals surface area contributed by atoms with Gasteiger partial charge in [0, 0.05) is 19.0 Å². The maximum absolute atomic E-state index is 4.45. The van der Waals surface area contributed by atoms with Crippen molar-refractivity contribution >= 4 is 0 Å². The van der Waals surface area contributed by atoms with Crippen LogP contribution in [0.2, 0.25) is 0 Å². The molecule has 1 aromatic rings. The Morgan fingerprint density at radius 1 is 1.29 bits per heavy atom. The third-order valence-corrected chi connectivity index (χ3v) is 7.27. The first-order valence-corrected chi connectivity index (χ1v) is 8.61. The van der Waals surface area contributed by atoms with Crippen molar-refractivity contribution in [1.82, 2.24) is 20.1 Å². The van der Waals surface area contributed by atoms with Gasteiger partial charge in [0.1, 0.15) is 11.6 Å². The van der Waals surface area contributed by atoms with E-state index in [-0.39, 0.29) is 0 Å². The largest absolute Gasteiger partial charge is 0.314 e. The zero-order valence-corrected chi connectivity index (χ0v) is 13.8. The van der Waals surface area contributed by atoms with E-state index >= 15 is 0 Å². The number of hydrogen-bond acceptors (Lipinski definition) is 3. The summed E-state index contributed by atoms with van der Waals surface area (Å²) >= 11 is 0. The van der Waals surface area contributed by atoms with E-state index in [0.717, 1.165) is 24.7 Å². The van der Waals surface area contributed by atoms with Crippen LogP contribution >= 0.6 is 0 Å². The highest BCUT2D eigenvalue weighted by molar-refractivity contribution is 5.14. The molecule has 0 spiro atoms. The minimum Gasteiger partial charge on any atom is -0.314 e. The van der Waals surface area contributed by atoms with Crippen molar-refractivity contribution in [3.05, 3.63) is 11.6 Å². The summed E-state index contributed by atoms with van der Waals surface area (Å²) in [4.78, 5) is 0. The molecule has 2 bridgehead atoms. The van der Waals surface area contributed by atoms with Gasteiger partial charge in [0.2, 0.25) is 0 Å². The van der Waals surface area contributed by atoms with Crippen molar-refractivity contribution in [2.75, 3.05) is 0 Å². The van der Waals surface area contributed by atoms with Crippen LogP contribution in [0.5, 0.6) is 0 Å². The normalized spacial score (nSPS) is 37.9. The Bertz CT molecular complexity index is 561. The predicted octanol–water partition coefficient (Wildman–Crippen LogP) is 3.09. The van der Waals surface area contributed by atoms with Gasteiger partial charge in [0.05, 0.1) is 6.04 Å². The maximum Gasteiger partial charge on any atom is 0.149 e. The lowest BCUT2D eigenvalue weighted by Gasteiger charge is -2.40. The molecule has 4 atom stereocenters. The zero-order chi connectivity index (χ0) is 14.8. The summed E-state index contributed by atoms with van der Waals surface area (Å²) in [5.74, 6) is 3.21. The van der Waals surface area contributed by atoms with E-state index in [1.165, 1.54) is 31.5 Å². The molecule has 1 aromatic heterocycles. The van der Waals surface area contributed by atoms with Crippen LogP contribution in [-0.4, -0.2) is 20.8 Å². The Morgan fingerprint density at radius 2 is 2.10 bits per heavy atom. The molecule has 2 heterocycles. The van der Waals surface area contributed by atoms with E-state index in [0.29, 0.717) is 22.9 Å². The Morgan fingerprint density at radius 3 is 2.76 bits per heavy atom. The number of aryl methyl sites for hydroxylation is 1. The molecular weight excluding hydrogens is 260 g/mol. The van der Waals surface area contributed by atoms with Gasteiger partial charge in [-0.05, 0) is 49.4 Å². The Hall–Kier alpha value is -0.900. The second-order valence-corrected chi connectivity index (χ2v) is 8.28. The molecule has 4 nitrogen and oxygen atoms in total. The Kier molecular flexibility index (Phi) is 2.82. The number of fused-ring (bicyclic) bond motifs is 3. The second-order valence-electron chi connectivity index (χ2n) is 8.28. The van der Waals surface area contributed by atoms with Crippen molar-refractivity contribution in [3.63, 3.8) is 0 Å². The molecule has 3 aliphatic rings. The fraction of sp³-hybridized carbons (Fsp3) is 0.882. The van der Waals surface area contributed by atoms with Crippen LogP contribution in [0, 0.1) is 16.7 Å². The first kappa shape index (κ1) is 13.7. The van der Waals surface area contributed by atoms with Crippen molar-refractivity contribution in [3.8, 4) is 0 Å². The average molecular weight is 288 g/mol. The zero-order valence-electron chi connectivity index (χ0n) is 13.8. The minimum atomic E-state index is 0.307. The lowest BCUT2D eigenvalue weighted by molar-refractivity contribution is 0.115. The maximum atomic E-state index is 4.45. The molecule has 2 aliphatic carbocycles. The molecule has 2 fully saturated rings. The van der Waals surface area contributed by atoms with Gasteiger partial charge in [0.15, 0.2) is 0 Å². The highest BCUT2D eigenvalue weighted by atomic mass is 15.3. The monoisotopic (exact) mass is 288 g/mol. The van der Waals surface area contributed by atoms with E-state index in [1.807, 2.05) is 0 Å². The van der Waals surface area contributed by atoms with Gasteiger partial charge < -0.3 is 9.88 Å². The fourth-order valence-corrected chi connectivity index (χ4v) is 5.33. The average Bonchev–Trinajstić information content (AvgIpc) is 3.10. The third-order valence-electron chi connectivity index (χ3n) is 7.27. The Balaban J connectivity index is 1.54. The third kappa shape index (κ3) is 1.71. The molecule has 0 amide bonds. The number of nitrogens with zero attached hydrogens (tertiary/aromatic N) is 3. The van der Waals surface area contributed by atoms with E-state index in [2.05, 4.69) is 47.8 Å². The van der Waals surface area contributed by atoms with Gasteiger partial charge in [0.25, 0.3) is 0 Å². The molecule has 116 valence electrons. The fourth-order valence-electron chi connectivity index (χ4n) is 5.33. The molecule has 0 saturated heterocycles. The second kappa shape index (κ2) is 4.31. The molecule has 1 N–H and O–H groups in total. The predicted molar refractivity (Wildman–Crippen MR) is 82.9 cm³/mol. The van der Waals surface area contributed by atoms with Crippen LogP contribution in [0.1, 0.15) is 71.1 Å². The Labute approximate surface area is 127 Å². The first-order chi connectivity index (χ1) is 9.93. The van der Waals surface area contributed by atoms with Crippen LogP contribution in [0.3, 0.4) is 0 Å². The van der Waals surface area contributed by atoms with Crippen molar-refractivity contribution < 1.29 is 0 Å². The molecule has 4 rings (SSSR count). The van der Waals surface area contributed by atoms with Gasteiger partial charge in [-0.2, -0.15) is 0 Å². The summed E-state index contributed by atoms with van der Waals surface area (Å²) in [5, 5.41) is 12.7. The number of rotatable bonds is 3. The van der Waals surface area contributed by atoms with Gasteiger partial charge in [-0.1, -0.05) is 20.8 Å². The number of nitrogens with one attached hydrogen (secondary N) is 1. The van der Waals surface area contributed by atoms with Gasteiger partial charge >= 0.3 is 0 Å². The molecule has 1 aliphatic heterocycles. The molecule has 21 heavy (non-hydrogen) atoms. The summed E-state index contributed by atoms with van der Waals surface area (Å²) < 4.78 is 2.33. The van der Waals surface area contributed by atoms with E-state index < -0.39 is 0 Å².